The normalized spacial score (nSPS) is 10.3. The van der Waals surface area contributed by atoms with E-state index in [1.165, 1.54) is 6.20 Å². The Hall–Kier alpha value is -3.28. The van der Waals surface area contributed by atoms with Gasteiger partial charge in [0, 0.05) is 31.1 Å². The minimum Gasteiger partial charge on any atom is -0.456 e. The highest BCUT2D eigenvalue weighted by molar-refractivity contribution is 5.89. The number of nitrogens with zero attached hydrogens (tertiary/aromatic N) is 2. The zero-order valence-corrected chi connectivity index (χ0v) is 22.1. The summed E-state index contributed by atoms with van der Waals surface area (Å²) in [7, 11) is 0. The fourth-order valence-electron chi connectivity index (χ4n) is 2.58. The van der Waals surface area contributed by atoms with E-state index in [-0.39, 0.29) is 34.0 Å². The van der Waals surface area contributed by atoms with Gasteiger partial charge in [0.2, 0.25) is 0 Å². The van der Waals surface area contributed by atoms with Crippen molar-refractivity contribution < 1.29 is 29.3 Å². The number of carbonyl (C=O) groups is 2. The molecule has 0 fully saturated rings. The van der Waals surface area contributed by atoms with Gasteiger partial charge in [-0.25, -0.2) is 14.6 Å². The molecule has 0 aliphatic carbocycles. The molecule has 0 aromatic carbocycles. The van der Waals surface area contributed by atoms with Gasteiger partial charge in [-0.2, -0.15) is 0 Å². The van der Waals surface area contributed by atoms with E-state index in [1.54, 1.807) is 24.4 Å². The lowest BCUT2D eigenvalue weighted by molar-refractivity contribution is 0.00565. The Morgan fingerprint density at radius 2 is 1.32 bits per heavy atom. The standard InChI is InChI=1S/C14H21NO3.C14H17NO3.2CH4/c2*1-14(2,3)18-13(17)11-7-8-12(15-10-11)6-4-5-9-16;;/h7-8,10,16H,4-6,9H2,1-3H3;7-8,10,16H,5,9H2,1-3H3;2*1H4. The van der Waals surface area contributed by atoms with Crippen molar-refractivity contribution in [1.29, 1.82) is 0 Å². The number of aliphatic hydroxyl groups is 2. The molecule has 0 saturated carbocycles. The smallest absolute Gasteiger partial charge is 0.340 e. The minimum atomic E-state index is -0.517. The number of rotatable bonds is 7. The summed E-state index contributed by atoms with van der Waals surface area (Å²) in [5, 5.41) is 17.3. The van der Waals surface area contributed by atoms with Crippen LogP contribution in [0, 0.1) is 11.8 Å². The molecule has 0 saturated heterocycles. The van der Waals surface area contributed by atoms with Crippen LogP contribution >= 0.6 is 0 Å². The van der Waals surface area contributed by atoms with Crippen molar-refractivity contribution in [3.8, 4) is 11.8 Å². The second-order valence-corrected chi connectivity index (χ2v) is 9.93. The van der Waals surface area contributed by atoms with Gasteiger partial charge in [0.25, 0.3) is 0 Å². The highest BCUT2D eigenvalue weighted by Crippen LogP contribution is 2.13. The summed E-state index contributed by atoms with van der Waals surface area (Å²) in [6, 6.07) is 6.85. The van der Waals surface area contributed by atoms with Crippen LogP contribution in [0.25, 0.3) is 0 Å². The molecule has 2 heterocycles. The van der Waals surface area contributed by atoms with E-state index in [1.807, 2.05) is 47.6 Å². The maximum atomic E-state index is 11.7. The molecule has 2 aromatic rings. The maximum Gasteiger partial charge on any atom is 0.340 e. The number of carbonyl (C=O) groups excluding carboxylic acids is 2. The molecule has 0 unspecified atom stereocenters. The third-order valence-electron chi connectivity index (χ3n) is 4.15. The number of aliphatic hydroxyl groups excluding tert-OH is 2. The average molecular weight is 531 g/mol. The molecule has 212 valence electrons. The SMILES string of the molecule is C.C.CC(C)(C)OC(=O)c1ccc(C#CCCO)nc1.CC(C)(C)OC(=O)c1ccc(CCCCO)nc1. The Labute approximate surface area is 228 Å². The number of pyridine rings is 2. The predicted molar refractivity (Wildman–Crippen MR) is 151 cm³/mol. The van der Waals surface area contributed by atoms with Crippen molar-refractivity contribution in [2.75, 3.05) is 13.2 Å². The number of ether oxygens (including phenoxy) is 2. The molecule has 2 rings (SSSR count). The Morgan fingerprint density at radius 3 is 1.71 bits per heavy atom. The van der Waals surface area contributed by atoms with Gasteiger partial charge in [0.1, 0.15) is 16.9 Å². The molecule has 0 spiro atoms. The number of aromatic nitrogens is 2. The van der Waals surface area contributed by atoms with Crippen LogP contribution in [-0.2, 0) is 15.9 Å². The van der Waals surface area contributed by atoms with Crippen molar-refractivity contribution >= 4 is 11.9 Å². The maximum absolute atomic E-state index is 11.7. The van der Waals surface area contributed by atoms with E-state index in [0.717, 1.165) is 25.0 Å². The quantitative estimate of drug-likeness (QED) is 0.278. The zero-order chi connectivity index (χ0) is 27.2. The van der Waals surface area contributed by atoms with Crippen LogP contribution in [0.2, 0.25) is 0 Å². The summed E-state index contributed by atoms with van der Waals surface area (Å²) in [5.41, 5.74) is 1.35. The first-order valence-electron chi connectivity index (χ1n) is 11.9. The second kappa shape index (κ2) is 18.1. The van der Waals surface area contributed by atoms with Crippen LogP contribution in [-0.4, -0.2) is 56.5 Å². The zero-order valence-electron chi connectivity index (χ0n) is 22.1. The molecule has 8 heteroatoms. The van der Waals surface area contributed by atoms with Gasteiger partial charge < -0.3 is 19.7 Å². The molecular formula is C30H46N2O6. The summed E-state index contributed by atoms with van der Waals surface area (Å²) in [4.78, 5) is 31.7. The molecule has 38 heavy (non-hydrogen) atoms. The average Bonchev–Trinajstić information content (AvgIpc) is 2.78. The second-order valence-electron chi connectivity index (χ2n) is 9.93. The van der Waals surface area contributed by atoms with Crippen molar-refractivity contribution in [1.82, 2.24) is 9.97 Å². The van der Waals surface area contributed by atoms with Crippen molar-refractivity contribution in [2.24, 2.45) is 0 Å². The topological polar surface area (TPSA) is 119 Å². The van der Waals surface area contributed by atoms with E-state index >= 15 is 0 Å². The first kappa shape index (κ1) is 36.9. The fraction of sp³-hybridized carbons (Fsp3) is 0.533. The molecule has 0 aliphatic heterocycles. The third-order valence-corrected chi connectivity index (χ3v) is 4.15. The van der Waals surface area contributed by atoms with E-state index in [0.29, 0.717) is 23.2 Å². The van der Waals surface area contributed by atoms with Crippen molar-refractivity contribution in [3.05, 3.63) is 59.2 Å². The highest BCUT2D eigenvalue weighted by atomic mass is 16.6. The molecule has 0 radical (unpaired) electrons. The molecule has 2 aromatic heterocycles. The van der Waals surface area contributed by atoms with Crippen LogP contribution in [0.5, 0.6) is 0 Å². The summed E-state index contributed by atoms with van der Waals surface area (Å²) >= 11 is 0. The van der Waals surface area contributed by atoms with Gasteiger partial charge in [0.05, 0.1) is 17.7 Å². The summed E-state index contributed by atoms with van der Waals surface area (Å²) < 4.78 is 10.5. The minimum absolute atomic E-state index is 0. The number of hydrogen-bond acceptors (Lipinski definition) is 8. The summed E-state index contributed by atoms with van der Waals surface area (Å²) in [6.45, 7) is 11.2. The molecular weight excluding hydrogens is 484 g/mol. The van der Waals surface area contributed by atoms with E-state index in [2.05, 4.69) is 21.8 Å². The van der Waals surface area contributed by atoms with E-state index in [4.69, 9.17) is 19.7 Å². The van der Waals surface area contributed by atoms with Crippen LogP contribution in [0.4, 0.5) is 0 Å². The van der Waals surface area contributed by atoms with Crippen LogP contribution in [0.15, 0.2) is 36.7 Å². The van der Waals surface area contributed by atoms with Crippen molar-refractivity contribution in [3.63, 3.8) is 0 Å². The lowest BCUT2D eigenvalue weighted by atomic mass is 10.1. The van der Waals surface area contributed by atoms with Gasteiger partial charge in [-0.15, -0.1) is 0 Å². The largest absolute Gasteiger partial charge is 0.456 e. The molecule has 2 N–H and O–H groups in total. The number of hydrogen-bond donors (Lipinski definition) is 2. The van der Waals surface area contributed by atoms with Crippen molar-refractivity contribution in [2.45, 2.75) is 93.3 Å². The molecule has 8 nitrogen and oxygen atoms in total. The monoisotopic (exact) mass is 530 g/mol. The summed E-state index contributed by atoms with van der Waals surface area (Å²) in [6.07, 6.45) is 5.88. The molecule has 0 amide bonds. The Kier molecular flexibility index (Phi) is 17.5. The fourth-order valence-corrected chi connectivity index (χ4v) is 2.58. The summed E-state index contributed by atoms with van der Waals surface area (Å²) in [5.74, 6) is 4.80. The van der Waals surface area contributed by atoms with Crippen LogP contribution in [0.3, 0.4) is 0 Å². The Bertz CT molecular complexity index is 1010. The third kappa shape index (κ3) is 16.5. The van der Waals surface area contributed by atoms with Gasteiger partial charge in [-0.05, 0) is 91.0 Å². The highest BCUT2D eigenvalue weighted by Gasteiger charge is 2.18. The Balaban J connectivity index is 0. The van der Waals surface area contributed by atoms with Gasteiger partial charge in [-0.3, -0.25) is 4.98 Å². The number of esters is 2. The van der Waals surface area contributed by atoms with Crippen LogP contribution < -0.4 is 0 Å². The van der Waals surface area contributed by atoms with Gasteiger partial charge in [-0.1, -0.05) is 20.8 Å². The number of aryl methyl sites for hydroxylation is 1. The Morgan fingerprint density at radius 1 is 0.789 bits per heavy atom. The predicted octanol–water partition coefficient (Wildman–Crippen LogP) is 5.39. The lowest BCUT2D eigenvalue weighted by Crippen LogP contribution is -2.24. The van der Waals surface area contributed by atoms with Gasteiger partial charge in [0.15, 0.2) is 0 Å². The molecule has 0 aliphatic rings. The van der Waals surface area contributed by atoms with Gasteiger partial charge >= 0.3 is 11.9 Å². The molecule has 0 atom stereocenters. The van der Waals surface area contributed by atoms with E-state index in [9.17, 15) is 9.59 Å². The van der Waals surface area contributed by atoms with E-state index < -0.39 is 17.2 Å². The molecule has 0 bridgehead atoms. The first-order valence-corrected chi connectivity index (χ1v) is 11.9. The number of unbranched alkanes of at least 4 members (excludes halogenated alkanes) is 1. The van der Waals surface area contributed by atoms with Crippen LogP contribution in [0.1, 0.15) is 108 Å². The lowest BCUT2D eigenvalue weighted by Gasteiger charge is -2.19. The first-order chi connectivity index (χ1) is 16.8.